The molecule has 7 nitrogen and oxygen atoms in total. The van der Waals surface area contributed by atoms with Crippen molar-refractivity contribution < 1.29 is 13.2 Å². The minimum absolute atomic E-state index is 0.0180. The molecular weight excluding hydrogens is 440 g/mol. The number of aromatic nitrogens is 1. The number of thioether (sulfide) groups is 1. The van der Waals surface area contributed by atoms with Gasteiger partial charge in [-0.25, -0.2) is 17.7 Å². The smallest absolute Gasteiger partial charge is 0.266 e. The van der Waals surface area contributed by atoms with Crippen LogP contribution in [0.3, 0.4) is 0 Å². The highest BCUT2D eigenvalue weighted by Gasteiger charge is 2.42. The summed E-state index contributed by atoms with van der Waals surface area (Å²) in [5.41, 5.74) is 9.40. The fraction of sp³-hybridized carbons (Fsp3) is 0.200. The number of carbonyl (C=O) groups is 1. The number of carbonyl (C=O) groups excluding carboxylic acids is 1. The number of allylic oxidation sites excluding steroid dienone is 1. The standard InChI is InChI=1S/C20H20N4O3S3/c1-13-18(19(21)25)24(30(2,26)27)20(29-13)23(11-14-6-4-3-5-7-14)15-8-9-16-17(10-15)28-12-22-16/h3-10,12,20H,11H2,1-2H3,(H2,21,25). The Bertz CT molecular complexity index is 1240. The van der Waals surface area contributed by atoms with E-state index in [0.717, 1.165) is 32.0 Å². The number of fused-ring (bicyclic) bond motifs is 1. The molecule has 156 valence electrons. The molecule has 0 bridgehead atoms. The molecule has 10 heteroatoms. The molecular formula is C20H20N4O3S3. The number of amides is 1. The van der Waals surface area contributed by atoms with Crippen LogP contribution in [0.2, 0.25) is 0 Å². The lowest BCUT2D eigenvalue weighted by molar-refractivity contribution is -0.115. The van der Waals surface area contributed by atoms with Gasteiger partial charge in [-0.05, 0) is 30.7 Å². The van der Waals surface area contributed by atoms with Gasteiger partial charge in [0, 0.05) is 17.1 Å². The molecule has 0 spiro atoms. The molecule has 0 saturated heterocycles. The van der Waals surface area contributed by atoms with Crippen molar-refractivity contribution in [2.24, 2.45) is 5.73 Å². The molecule has 1 aliphatic rings. The number of nitrogens with two attached hydrogens (primary N) is 1. The highest BCUT2D eigenvalue weighted by molar-refractivity contribution is 8.04. The van der Waals surface area contributed by atoms with Gasteiger partial charge >= 0.3 is 0 Å². The maximum Gasteiger partial charge on any atom is 0.266 e. The number of anilines is 1. The van der Waals surface area contributed by atoms with Gasteiger partial charge in [-0.1, -0.05) is 42.1 Å². The lowest BCUT2D eigenvalue weighted by atomic mass is 10.2. The molecule has 1 aliphatic heterocycles. The second kappa shape index (κ2) is 7.93. The fourth-order valence-electron chi connectivity index (χ4n) is 3.43. The van der Waals surface area contributed by atoms with Gasteiger partial charge in [0.2, 0.25) is 10.0 Å². The average Bonchev–Trinajstić information content (AvgIpc) is 3.30. The monoisotopic (exact) mass is 460 g/mol. The van der Waals surface area contributed by atoms with Gasteiger partial charge in [-0.2, -0.15) is 0 Å². The summed E-state index contributed by atoms with van der Waals surface area (Å²) in [6, 6.07) is 15.6. The number of rotatable bonds is 6. The Hall–Kier alpha value is -2.56. The summed E-state index contributed by atoms with van der Waals surface area (Å²) in [4.78, 5) is 19.0. The van der Waals surface area contributed by atoms with Crippen LogP contribution >= 0.6 is 23.1 Å². The SMILES string of the molecule is CC1=C(C(N)=O)N(S(C)(=O)=O)C(N(Cc2ccccc2)c2ccc3ncsc3c2)S1. The number of benzene rings is 2. The lowest BCUT2D eigenvalue weighted by Gasteiger charge is -2.36. The van der Waals surface area contributed by atoms with Gasteiger partial charge in [0.05, 0.1) is 22.0 Å². The molecule has 0 saturated carbocycles. The normalized spacial score (nSPS) is 17.0. The van der Waals surface area contributed by atoms with Crippen molar-refractivity contribution in [3.63, 3.8) is 0 Å². The van der Waals surface area contributed by atoms with E-state index in [0.29, 0.717) is 11.4 Å². The van der Waals surface area contributed by atoms with Crippen molar-refractivity contribution in [3.8, 4) is 0 Å². The third kappa shape index (κ3) is 3.90. The van der Waals surface area contributed by atoms with Crippen molar-refractivity contribution in [1.29, 1.82) is 0 Å². The number of primary amides is 1. The van der Waals surface area contributed by atoms with E-state index >= 15 is 0 Å². The molecule has 1 aromatic heterocycles. The van der Waals surface area contributed by atoms with E-state index in [1.807, 2.05) is 53.4 Å². The largest absolute Gasteiger partial charge is 0.364 e. The second-order valence-corrected chi connectivity index (χ2v) is 10.9. The molecule has 0 radical (unpaired) electrons. The van der Waals surface area contributed by atoms with Crippen molar-refractivity contribution >= 4 is 54.9 Å². The molecule has 30 heavy (non-hydrogen) atoms. The Morgan fingerprint density at radius 2 is 1.97 bits per heavy atom. The minimum atomic E-state index is -3.75. The van der Waals surface area contributed by atoms with E-state index in [4.69, 9.17) is 5.73 Å². The molecule has 1 atom stereocenters. The van der Waals surface area contributed by atoms with E-state index in [9.17, 15) is 13.2 Å². The molecule has 2 heterocycles. The van der Waals surface area contributed by atoms with Crippen molar-refractivity contribution in [1.82, 2.24) is 9.29 Å². The summed E-state index contributed by atoms with van der Waals surface area (Å²) < 4.78 is 27.5. The molecule has 1 amide bonds. The topological polar surface area (TPSA) is 96.6 Å². The maximum atomic E-state index is 12.7. The Balaban J connectivity index is 1.83. The molecule has 0 fully saturated rings. The van der Waals surface area contributed by atoms with Crippen LogP contribution in [0.25, 0.3) is 10.2 Å². The molecule has 1 unspecified atom stereocenters. The van der Waals surface area contributed by atoms with E-state index in [1.165, 1.54) is 23.1 Å². The fourth-order valence-corrected chi connectivity index (χ4v) is 6.95. The third-order valence-electron chi connectivity index (χ3n) is 4.74. The van der Waals surface area contributed by atoms with Gasteiger partial charge < -0.3 is 10.6 Å². The highest BCUT2D eigenvalue weighted by atomic mass is 32.2. The predicted molar refractivity (Wildman–Crippen MR) is 122 cm³/mol. The van der Waals surface area contributed by atoms with Gasteiger partial charge in [-0.3, -0.25) is 4.79 Å². The van der Waals surface area contributed by atoms with Crippen LogP contribution in [0.4, 0.5) is 5.69 Å². The molecule has 0 aliphatic carbocycles. The number of nitrogens with zero attached hydrogens (tertiary/aromatic N) is 3. The maximum absolute atomic E-state index is 12.7. The van der Waals surface area contributed by atoms with Crippen molar-refractivity contribution in [2.75, 3.05) is 11.2 Å². The Morgan fingerprint density at radius 3 is 2.63 bits per heavy atom. The van der Waals surface area contributed by atoms with E-state index in [2.05, 4.69) is 4.98 Å². The summed E-state index contributed by atoms with van der Waals surface area (Å²) in [6.07, 6.45) is 1.09. The minimum Gasteiger partial charge on any atom is -0.364 e. The predicted octanol–water partition coefficient (Wildman–Crippen LogP) is 3.31. The summed E-state index contributed by atoms with van der Waals surface area (Å²) >= 11 is 2.82. The van der Waals surface area contributed by atoms with Crippen LogP contribution in [-0.4, -0.2) is 35.4 Å². The first kappa shape index (κ1) is 20.7. The average molecular weight is 461 g/mol. The zero-order valence-corrected chi connectivity index (χ0v) is 18.8. The molecule has 2 aromatic carbocycles. The quantitative estimate of drug-likeness (QED) is 0.606. The first-order valence-corrected chi connectivity index (χ1v) is 12.7. The molecule has 2 N–H and O–H groups in total. The number of hydrogen-bond acceptors (Lipinski definition) is 7. The van der Waals surface area contributed by atoms with E-state index in [1.54, 1.807) is 12.4 Å². The van der Waals surface area contributed by atoms with Crippen LogP contribution in [-0.2, 0) is 21.4 Å². The number of thiazole rings is 1. The highest BCUT2D eigenvalue weighted by Crippen LogP contribution is 2.43. The lowest BCUT2D eigenvalue weighted by Crippen LogP contribution is -2.47. The van der Waals surface area contributed by atoms with Crippen LogP contribution in [0.1, 0.15) is 12.5 Å². The summed E-state index contributed by atoms with van der Waals surface area (Å²) in [5.74, 6) is -0.759. The molecule has 3 aromatic rings. The van der Waals surface area contributed by atoms with E-state index < -0.39 is 21.4 Å². The zero-order chi connectivity index (χ0) is 21.5. The summed E-state index contributed by atoms with van der Waals surface area (Å²) in [7, 11) is -3.75. The Labute approximate surface area is 183 Å². The van der Waals surface area contributed by atoms with Crippen LogP contribution in [0, 0.1) is 0 Å². The van der Waals surface area contributed by atoms with Gasteiger partial charge in [-0.15, -0.1) is 11.3 Å². The van der Waals surface area contributed by atoms with Crippen molar-refractivity contribution in [2.45, 2.75) is 19.0 Å². The van der Waals surface area contributed by atoms with Crippen LogP contribution in [0.5, 0.6) is 0 Å². The molecule has 4 rings (SSSR count). The Kier molecular flexibility index (Phi) is 5.48. The second-order valence-electron chi connectivity index (χ2n) is 6.89. The van der Waals surface area contributed by atoms with Gasteiger partial charge in [0.1, 0.15) is 5.70 Å². The Morgan fingerprint density at radius 1 is 1.23 bits per heavy atom. The van der Waals surface area contributed by atoms with Crippen molar-refractivity contribution in [3.05, 3.63) is 70.2 Å². The van der Waals surface area contributed by atoms with E-state index in [-0.39, 0.29) is 5.70 Å². The first-order valence-electron chi connectivity index (χ1n) is 9.06. The van der Waals surface area contributed by atoms with Crippen LogP contribution < -0.4 is 10.6 Å². The third-order valence-corrected chi connectivity index (χ3v) is 7.98. The zero-order valence-electron chi connectivity index (χ0n) is 16.3. The summed E-state index contributed by atoms with van der Waals surface area (Å²) in [5, 5.41) is 0. The summed E-state index contributed by atoms with van der Waals surface area (Å²) in [6.45, 7) is 2.17. The number of hydrogen-bond donors (Lipinski definition) is 1. The first-order chi connectivity index (χ1) is 14.3. The van der Waals surface area contributed by atoms with Gasteiger partial charge in [0.15, 0.2) is 5.50 Å². The van der Waals surface area contributed by atoms with Gasteiger partial charge in [0.25, 0.3) is 5.91 Å². The van der Waals surface area contributed by atoms with Crippen LogP contribution in [0.15, 0.2) is 64.6 Å². The number of sulfonamides is 1.